The van der Waals surface area contributed by atoms with Crippen LogP contribution in [-0.4, -0.2) is 20.8 Å². The molecule has 1 N–H and O–H groups in total. The van der Waals surface area contributed by atoms with Gasteiger partial charge in [-0.1, -0.05) is 17.2 Å². The third kappa shape index (κ3) is 3.37. The van der Waals surface area contributed by atoms with Gasteiger partial charge in [0.15, 0.2) is 12.4 Å². The van der Waals surface area contributed by atoms with E-state index in [1.165, 1.54) is 12.1 Å². The molecule has 4 atom stereocenters. The van der Waals surface area contributed by atoms with Crippen molar-refractivity contribution in [3.05, 3.63) is 70.0 Å². The van der Waals surface area contributed by atoms with Crippen LogP contribution in [0.3, 0.4) is 0 Å². The molecule has 2 aliphatic rings. The maximum atomic E-state index is 11.7. The summed E-state index contributed by atoms with van der Waals surface area (Å²) in [5, 5.41) is 32.8. The summed E-state index contributed by atoms with van der Waals surface area (Å²) in [5.41, 5.74) is 0.282. The lowest BCUT2D eigenvalue weighted by atomic mass is 9.73. The standard InChI is InChI=1S/C21H20N4O3S/c1-13-3-2-10-24(12-13)19-18(14-4-8-16(9-5-14)25(27)28)17(11-22)20(29)23-21(19,26)15-6-7-15/h2-5,8-10,12,15,17-19,26H,6-7H2,1H3/t17-,18+,19+,21+/m1/s1. The van der Waals surface area contributed by atoms with Crippen LogP contribution in [-0.2, 0) is 12.6 Å². The minimum absolute atomic E-state index is 0.0254. The largest absolute Gasteiger partial charge is 0.764 e. The van der Waals surface area contributed by atoms with Crippen molar-refractivity contribution in [1.29, 1.82) is 5.26 Å². The van der Waals surface area contributed by atoms with E-state index in [9.17, 15) is 20.5 Å². The van der Waals surface area contributed by atoms with E-state index in [0.717, 1.165) is 24.0 Å². The lowest BCUT2D eigenvalue weighted by Gasteiger charge is -2.43. The van der Waals surface area contributed by atoms with Crippen molar-refractivity contribution in [3.63, 3.8) is 0 Å². The lowest BCUT2D eigenvalue weighted by molar-refractivity contribution is -0.743. The van der Waals surface area contributed by atoms with Gasteiger partial charge in [-0.2, -0.15) is 9.83 Å². The van der Waals surface area contributed by atoms with E-state index in [4.69, 9.17) is 12.6 Å². The van der Waals surface area contributed by atoms with Gasteiger partial charge in [-0.3, -0.25) is 15.1 Å². The molecule has 1 aromatic carbocycles. The summed E-state index contributed by atoms with van der Waals surface area (Å²) in [4.78, 5) is 15.1. The predicted octanol–water partition coefficient (Wildman–Crippen LogP) is 2.71. The van der Waals surface area contributed by atoms with Crippen molar-refractivity contribution >= 4 is 23.4 Å². The molecule has 2 heterocycles. The van der Waals surface area contributed by atoms with Crippen LogP contribution in [0.1, 0.15) is 35.9 Å². The minimum atomic E-state index is -1.42. The Morgan fingerprint density at radius 3 is 2.59 bits per heavy atom. The van der Waals surface area contributed by atoms with Crippen molar-refractivity contribution in [3.8, 4) is 6.07 Å². The van der Waals surface area contributed by atoms with Crippen LogP contribution in [0.15, 0.2) is 53.8 Å². The molecule has 0 saturated heterocycles. The van der Waals surface area contributed by atoms with Crippen molar-refractivity contribution < 1.29 is 14.6 Å². The number of aliphatic imine (C=N–C) groups is 1. The number of nitriles is 1. The summed E-state index contributed by atoms with van der Waals surface area (Å²) in [5.74, 6) is -1.23. The van der Waals surface area contributed by atoms with Crippen LogP contribution in [0, 0.1) is 40.2 Å². The van der Waals surface area contributed by atoms with Gasteiger partial charge < -0.3 is 17.7 Å². The Morgan fingerprint density at radius 1 is 1.34 bits per heavy atom. The number of hydrogen-bond acceptors (Lipinski definition) is 6. The average molecular weight is 408 g/mol. The second kappa shape index (κ2) is 7.17. The molecular formula is C21H20N4O3S. The zero-order chi connectivity index (χ0) is 20.8. The SMILES string of the molecule is Cc1ccc[n+]([C@H]2[C@@H](c3ccc([N+](=O)[O-])cc3)[C@@H](C#N)C([S-])=N[C@]2(O)C2CC2)c1. The van der Waals surface area contributed by atoms with E-state index in [1.807, 2.05) is 36.0 Å². The minimum Gasteiger partial charge on any atom is -0.764 e. The highest BCUT2D eigenvalue weighted by molar-refractivity contribution is 7.77. The monoisotopic (exact) mass is 408 g/mol. The zero-order valence-electron chi connectivity index (χ0n) is 15.8. The second-order valence-corrected chi connectivity index (χ2v) is 8.18. The number of aromatic nitrogens is 1. The topological polar surface area (TPSA) is 103 Å². The first-order valence-corrected chi connectivity index (χ1v) is 9.86. The summed E-state index contributed by atoms with van der Waals surface area (Å²) in [7, 11) is 0. The first-order chi connectivity index (χ1) is 13.8. The normalized spacial score (nSPS) is 29.0. The van der Waals surface area contributed by atoms with Gasteiger partial charge in [-0.05, 0) is 31.4 Å². The molecule has 0 unspecified atom stereocenters. The highest BCUT2D eigenvalue weighted by Crippen LogP contribution is 2.53. The Balaban J connectivity index is 1.91. The second-order valence-electron chi connectivity index (χ2n) is 7.76. The van der Waals surface area contributed by atoms with Crippen molar-refractivity contribution in [1.82, 2.24) is 0 Å². The van der Waals surface area contributed by atoms with Crippen LogP contribution in [0.2, 0.25) is 0 Å². The fourth-order valence-electron chi connectivity index (χ4n) is 4.28. The maximum Gasteiger partial charge on any atom is 0.269 e. The number of pyridine rings is 1. The van der Waals surface area contributed by atoms with Gasteiger partial charge in [0.1, 0.15) is 0 Å². The predicted molar refractivity (Wildman–Crippen MR) is 108 cm³/mol. The molecule has 0 spiro atoms. The summed E-state index contributed by atoms with van der Waals surface area (Å²) in [6.45, 7) is 1.96. The van der Waals surface area contributed by atoms with Crippen LogP contribution in [0.4, 0.5) is 5.69 Å². The third-order valence-corrected chi connectivity index (χ3v) is 6.13. The number of aliphatic hydroxyl groups is 1. The lowest BCUT2D eigenvalue weighted by Crippen LogP contribution is -2.60. The molecule has 2 aromatic rings. The molecule has 1 aliphatic heterocycles. The summed E-state index contributed by atoms with van der Waals surface area (Å²) >= 11 is 5.43. The first-order valence-electron chi connectivity index (χ1n) is 9.45. The van der Waals surface area contributed by atoms with E-state index in [1.54, 1.807) is 12.1 Å². The number of non-ortho nitro benzene ring substituents is 1. The van der Waals surface area contributed by atoms with Crippen LogP contribution in [0.25, 0.3) is 0 Å². The highest BCUT2D eigenvalue weighted by atomic mass is 32.1. The molecule has 7 nitrogen and oxygen atoms in total. The van der Waals surface area contributed by atoms with Crippen LogP contribution >= 0.6 is 0 Å². The van der Waals surface area contributed by atoms with Gasteiger partial charge in [0.2, 0.25) is 11.8 Å². The molecule has 8 heteroatoms. The van der Waals surface area contributed by atoms with Gasteiger partial charge in [0.05, 0.1) is 22.8 Å². The number of nitro benzene ring substituents is 1. The molecule has 1 fully saturated rings. The van der Waals surface area contributed by atoms with Crippen LogP contribution in [0.5, 0.6) is 0 Å². The Hall–Kier alpha value is -2.89. The zero-order valence-corrected chi connectivity index (χ0v) is 16.6. The Labute approximate surface area is 173 Å². The molecular weight excluding hydrogens is 388 g/mol. The quantitative estimate of drug-likeness (QED) is 0.363. The first kappa shape index (κ1) is 19.4. The molecule has 0 amide bonds. The molecule has 1 aromatic heterocycles. The van der Waals surface area contributed by atoms with Crippen molar-refractivity contribution in [2.75, 3.05) is 0 Å². The van der Waals surface area contributed by atoms with Gasteiger partial charge in [0.25, 0.3) is 5.69 Å². The summed E-state index contributed by atoms with van der Waals surface area (Å²) in [6, 6.07) is 11.7. The Kier molecular flexibility index (Phi) is 4.81. The fourth-order valence-corrected chi connectivity index (χ4v) is 4.62. The summed E-state index contributed by atoms with van der Waals surface area (Å²) in [6.07, 6.45) is 5.47. The van der Waals surface area contributed by atoms with E-state index in [0.29, 0.717) is 0 Å². The van der Waals surface area contributed by atoms with E-state index in [2.05, 4.69) is 11.1 Å². The smallest absolute Gasteiger partial charge is 0.269 e. The molecule has 0 radical (unpaired) electrons. The highest BCUT2D eigenvalue weighted by Gasteiger charge is 2.60. The van der Waals surface area contributed by atoms with Gasteiger partial charge in [-0.25, -0.2) is 0 Å². The number of nitro groups is 1. The number of hydrogen-bond donors (Lipinski definition) is 1. The van der Waals surface area contributed by atoms with Crippen molar-refractivity contribution in [2.24, 2.45) is 16.8 Å². The van der Waals surface area contributed by atoms with E-state index < -0.39 is 28.5 Å². The average Bonchev–Trinajstić information content (AvgIpc) is 3.53. The van der Waals surface area contributed by atoms with Crippen LogP contribution < -0.4 is 4.57 Å². The number of nitrogens with zero attached hydrogens (tertiary/aromatic N) is 4. The molecule has 0 bridgehead atoms. The number of benzene rings is 1. The Morgan fingerprint density at radius 2 is 2.03 bits per heavy atom. The van der Waals surface area contributed by atoms with Gasteiger partial charge in [0, 0.05) is 29.7 Å². The van der Waals surface area contributed by atoms with E-state index in [-0.39, 0.29) is 16.6 Å². The number of aryl methyl sites for hydroxylation is 1. The van der Waals surface area contributed by atoms with Crippen molar-refractivity contribution in [2.45, 2.75) is 37.5 Å². The third-order valence-electron chi connectivity index (χ3n) is 5.79. The molecule has 4 rings (SSSR count). The summed E-state index contributed by atoms with van der Waals surface area (Å²) < 4.78 is 1.91. The maximum absolute atomic E-state index is 11.7. The number of rotatable bonds is 4. The molecule has 1 saturated carbocycles. The van der Waals surface area contributed by atoms with Gasteiger partial charge >= 0.3 is 0 Å². The fraction of sp³-hybridized carbons (Fsp3) is 0.381. The molecule has 1 aliphatic carbocycles. The molecule has 148 valence electrons. The Bertz CT molecular complexity index is 1030. The van der Waals surface area contributed by atoms with Gasteiger partial charge in [-0.15, -0.1) is 0 Å². The van der Waals surface area contributed by atoms with E-state index >= 15 is 0 Å². The molecule has 29 heavy (non-hydrogen) atoms.